The number of ether oxygens (including phenoxy) is 1. The molecule has 1 saturated heterocycles. The van der Waals surface area contributed by atoms with E-state index in [4.69, 9.17) is 4.74 Å². The molecular formula is C17H19F2N3O2. The van der Waals surface area contributed by atoms with E-state index in [0.29, 0.717) is 19.7 Å². The molecule has 1 aliphatic heterocycles. The number of nitrogens with one attached hydrogen (secondary N) is 1. The molecule has 0 unspecified atom stereocenters. The summed E-state index contributed by atoms with van der Waals surface area (Å²) >= 11 is 0. The molecule has 0 atom stereocenters. The Labute approximate surface area is 138 Å². The van der Waals surface area contributed by atoms with Gasteiger partial charge in [-0.25, -0.2) is 13.8 Å². The van der Waals surface area contributed by atoms with Crippen LogP contribution < -0.4 is 0 Å². The van der Waals surface area contributed by atoms with Gasteiger partial charge in [0.05, 0.1) is 37.3 Å². The number of hydrogen-bond acceptors (Lipinski definition) is 3. The summed E-state index contributed by atoms with van der Waals surface area (Å²) < 4.78 is 32.3. The lowest BCUT2D eigenvalue weighted by Crippen LogP contribution is -2.41. The number of hydrogen-bond donors (Lipinski definition) is 1. The molecule has 3 rings (SSSR count). The van der Waals surface area contributed by atoms with E-state index in [9.17, 15) is 13.6 Å². The lowest BCUT2D eigenvalue weighted by molar-refractivity contribution is -0.133. The van der Waals surface area contributed by atoms with E-state index in [1.165, 1.54) is 12.1 Å². The summed E-state index contributed by atoms with van der Waals surface area (Å²) in [4.78, 5) is 20.9. The first kappa shape index (κ1) is 16.6. The van der Waals surface area contributed by atoms with Crippen LogP contribution in [0.4, 0.5) is 8.78 Å². The Bertz CT molecular complexity index is 683. The SMILES string of the molecule is O=C(Cc1ccc(F)cc1F)N1CCC(OCc2cnc[nH]2)CC1. The van der Waals surface area contributed by atoms with Gasteiger partial charge in [0.1, 0.15) is 11.6 Å². The Morgan fingerprint density at radius 1 is 1.33 bits per heavy atom. The summed E-state index contributed by atoms with van der Waals surface area (Å²) in [6.45, 7) is 1.63. The summed E-state index contributed by atoms with van der Waals surface area (Å²) in [6.07, 6.45) is 4.85. The second kappa shape index (κ2) is 7.53. The molecule has 1 fully saturated rings. The first-order valence-corrected chi connectivity index (χ1v) is 7.92. The number of carbonyl (C=O) groups is 1. The Hall–Kier alpha value is -2.28. The predicted molar refractivity (Wildman–Crippen MR) is 83.0 cm³/mol. The van der Waals surface area contributed by atoms with Crippen LogP contribution in [0.5, 0.6) is 0 Å². The molecule has 2 aromatic rings. The molecule has 0 saturated carbocycles. The van der Waals surface area contributed by atoms with Crippen molar-refractivity contribution in [1.29, 1.82) is 0 Å². The van der Waals surface area contributed by atoms with Gasteiger partial charge in [0.15, 0.2) is 0 Å². The molecule has 0 bridgehead atoms. The van der Waals surface area contributed by atoms with Crippen LogP contribution in [0.15, 0.2) is 30.7 Å². The fourth-order valence-electron chi connectivity index (χ4n) is 2.78. The highest BCUT2D eigenvalue weighted by atomic mass is 19.1. The van der Waals surface area contributed by atoms with E-state index in [-0.39, 0.29) is 24.0 Å². The molecular weight excluding hydrogens is 316 g/mol. The maximum Gasteiger partial charge on any atom is 0.227 e. The summed E-state index contributed by atoms with van der Waals surface area (Å²) in [7, 11) is 0. The summed E-state index contributed by atoms with van der Waals surface area (Å²) in [5, 5.41) is 0. The van der Waals surface area contributed by atoms with E-state index in [1.807, 2.05) is 0 Å². The quantitative estimate of drug-likeness (QED) is 0.913. The molecule has 1 N–H and O–H groups in total. The van der Waals surface area contributed by atoms with Gasteiger partial charge in [-0.15, -0.1) is 0 Å². The average Bonchev–Trinajstić information content (AvgIpc) is 3.09. The topological polar surface area (TPSA) is 58.2 Å². The van der Waals surface area contributed by atoms with Gasteiger partial charge in [0.2, 0.25) is 5.91 Å². The lowest BCUT2D eigenvalue weighted by Gasteiger charge is -2.32. The van der Waals surface area contributed by atoms with Crippen LogP contribution in [-0.4, -0.2) is 40.0 Å². The molecule has 1 aromatic carbocycles. The number of piperidine rings is 1. The fraction of sp³-hybridized carbons (Fsp3) is 0.412. The molecule has 0 aliphatic carbocycles. The average molecular weight is 335 g/mol. The van der Waals surface area contributed by atoms with Crippen molar-refractivity contribution in [3.05, 3.63) is 53.6 Å². The minimum Gasteiger partial charge on any atom is -0.372 e. The molecule has 0 radical (unpaired) electrons. The van der Waals surface area contributed by atoms with E-state index < -0.39 is 11.6 Å². The van der Waals surface area contributed by atoms with Crippen LogP contribution in [0.3, 0.4) is 0 Å². The van der Waals surface area contributed by atoms with Gasteiger partial charge in [-0.2, -0.15) is 0 Å². The lowest BCUT2D eigenvalue weighted by atomic mass is 10.1. The molecule has 0 spiro atoms. The number of H-pyrrole nitrogens is 1. The molecule has 1 aromatic heterocycles. The maximum absolute atomic E-state index is 13.6. The van der Waals surface area contributed by atoms with Crippen molar-refractivity contribution in [3.63, 3.8) is 0 Å². The van der Waals surface area contributed by atoms with Gasteiger partial charge < -0.3 is 14.6 Å². The highest BCUT2D eigenvalue weighted by Crippen LogP contribution is 2.17. The number of nitrogens with zero attached hydrogens (tertiary/aromatic N) is 2. The largest absolute Gasteiger partial charge is 0.372 e. The number of amides is 1. The third-order valence-electron chi connectivity index (χ3n) is 4.18. The Kier molecular flexibility index (Phi) is 5.20. The van der Waals surface area contributed by atoms with Crippen molar-refractivity contribution in [2.75, 3.05) is 13.1 Å². The van der Waals surface area contributed by atoms with Crippen molar-refractivity contribution >= 4 is 5.91 Å². The standard InChI is InChI=1S/C17H19F2N3O2/c18-13-2-1-12(16(19)8-13)7-17(23)22-5-3-15(4-6-22)24-10-14-9-20-11-21-14/h1-2,8-9,11,15H,3-7,10H2,(H,20,21). The first-order chi connectivity index (χ1) is 11.6. The number of imidazole rings is 1. The van der Waals surface area contributed by atoms with Gasteiger partial charge in [-0.05, 0) is 24.5 Å². The second-order valence-electron chi connectivity index (χ2n) is 5.88. The van der Waals surface area contributed by atoms with Gasteiger partial charge in [0, 0.05) is 19.2 Å². The van der Waals surface area contributed by atoms with E-state index in [0.717, 1.165) is 24.6 Å². The molecule has 5 nitrogen and oxygen atoms in total. The van der Waals surface area contributed by atoms with Crippen molar-refractivity contribution in [1.82, 2.24) is 14.9 Å². The molecule has 7 heteroatoms. The summed E-state index contributed by atoms with van der Waals surface area (Å²) in [6, 6.07) is 3.29. The van der Waals surface area contributed by atoms with Crippen LogP contribution in [0, 0.1) is 11.6 Å². The number of aromatic nitrogens is 2. The van der Waals surface area contributed by atoms with Gasteiger partial charge in [-0.3, -0.25) is 4.79 Å². The third-order valence-corrected chi connectivity index (χ3v) is 4.18. The van der Waals surface area contributed by atoms with Gasteiger partial charge >= 0.3 is 0 Å². The summed E-state index contributed by atoms with van der Waals surface area (Å²) in [5.41, 5.74) is 1.14. The van der Waals surface area contributed by atoms with E-state index >= 15 is 0 Å². The van der Waals surface area contributed by atoms with Gasteiger partial charge in [-0.1, -0.05) is 6.07 Å². The Morgan fingerprint density at radius 3 is 2.79 bits per heavy atom. The number of likely N-dealkylation sites (tertiary alicyclic amines) is 1. The third kappa shape index (κ3) is 4.17. The second-order valence-corrected chi connectivity index (χ2v) is 5.88. The monoisotopic (exact) mass is 335 g/mol. The fourth-order valence-corrected chi connectivity index (χ4v) is 2.78. The van der Waals surface area contributed by atoms with Crippen molar-refractivity contribution < 1.29 is 18.3 Å². The normalized spacial score (nSPS) is 15.7. The number of carbonyl (C=O) groups excluding carboxylic acids is 1. The molecule has 1 amide bonds. The first-order valence-electron chi connectivity index (χ1n) is 7.92. The smallest absolute Gasteiger partial charge is 0.227 e. The molecule has 2 heterocycles. The van der Waals surface area contributed by atoms with Crippen LogP contribution in [0.1, 0.15) is 24.1 Å². The van der Waals surface area contributed by atoms with E-state index in [2.05, 4.69) is 9.97 Å². The number of rotatable bonds is 5. The Balaban J connectivity index is 1.46. The highest BCUT2D eigenvalue weighted by molar-refractivity contribution is 5.78. The number of halogens is 2. The Morgan fingerprint density at radius 2 is 2.12 bits per heavy atom. The van der Waals surface area contributed by atoms with Gasteiger partial charge in [0.25, 0.3) is 0 Å². The minimum atomic E-state index is -0.680. The molecule has 1 aliphatic rings. The highest BCUT2D eigenvalue weighted by Gasteiger charge is 2.24. The number of aromatic amines is 1. The zero-order chi connectivity index (χ0) is 16.9. The predicted octanol–water partition coefficient (Wildman–Crippen LogP) is 2.44. The van der Waals surface area contributed by atoms with Crippen molar-refractivity contribution in [2.45, 2.75) is 32.0 Å². The zero-order valence-corrected chi connectivity index (χ0v) is 13.2. The van der Waals surface area contributed by atoms with Crippen LogP contribution in [0.2, 0.25) is 0 Å². The van der Waals surface area contributed by atoms with Crippen LogP contribution in [0.25, 0.3) is 0 Å². The van der Waals surface area contributed by atoms with Crippen molar-refractivity contribution in [3.8, 4) is 0 Å². The molecule has 24 heavy (non-hydrogen) atoms. The van der Waals surface area contributed by atoms with Crippen LogP contribution >= 0.6 is 0 Å². The summed E-state index contributed by atoms with van der Waals surface area (Å²) in [5.74, 6) is -1.47. The zero-order valence-electron chi connectivity index (χ0n) is 13.2. The van der Waals surface area contributed by atoms with Crippen LogP contribution in [-0.2, 0) is 22.6 Å². The molecule has 128 valence electrons. The maximum atomic E-state index is 13.6. The number of benzene rings is 1. The van der Waals surface area contributed by atoms with Crippen molar-refractivity contribution in [2.24, 2.45) is 0 Å². The minimum absolute atomic E-state index is 0.0498. The van der Waals surface area contributed by atoms with E-state index in [1.54, 1.807) is 17.4 Å².